The Kier molecular flexibility index (Phi) is 5.87. The molecule has 0 aromatic heterocycles. The Labute approximate surface area is 182 Å². The molecule has 150 valence electrons. The van der Waals surface area contributed by atoms with Crippen LogP contribution in [-0.2, 0) is 11.3 Å². The minimum Gasteiger partial charge on any atom is -0.332 e. The van der Waals surface area contributed by atoms with Gasteiger partial charge in [-0.15, -0.1) is 0 Å². The number of hydrogen-bond acceptors (Lipinski definition) is 3. The topological polar surface area (TPSA) is 65.0 Å². The fraction of sp³-hybridized carbons (Fsp3) is 0.286. The van der Waals surface area contributed by atoms with Crippen molar-refractivity contribution in [3.8, 4) is 0 Å². The zero-order valence-corrected chi connectivity index (χ0v) is 18.0. The van der Waals surface area contributed by atoms with Gasteiger partial charge in [0.25, 0.3) is 0 Å². The van der Waals surface area contributed by atoms with Crippen LogP contribution in [0.1, 0.15) is 24.0 Å². The third-order valence-electron chi connectivity index (χ3n) is 5.14. The van der Waals surface area contributed by atoms with Crippen LogP contribution in [0.3, 0.4) is 0 Å². The number of amides is 3. The summed E-state index contributed by atoms with van der Waals surface area (Å²) in [5.74, 6) is 0.109. The van der Waals surface area contributed by atoms with E-state index in [1.165, 1.54) is 5.01 Å². The number of benzene rings is 2. The highest BCUT2D eigenvalue weighted by Crippen LogP contribution is 2.24. The van der Waals surface area contributed by atoms with E-state index in [2.05, 4.69) is 26.3 Å². The number of urea groups is 1. The van der Waals surface area contributed by atoms with Gasteiger partial charge in [-0.2, -0.15) is 5.10 Å². The summed E-state index contributed by atoms with van der Waals surface area (Å²) in [5, 5.41) is 9.46. The Morgan fingerprint density at radius 2 is 1.97 bits per heavy atom. The minimum absolute atomic E-state index is 0.109. The van der Waals surface area contributed by atoms with Gasteiger partial charge in [0.15, 0.2) is 0 Å². The number of carbonyl (C=O) groups excluding carboxylic acids is 2. The van der Waals surface area contributed by atoms with Crippen molar-refractivity contribution in [2.24, 2.45) is 5.10 Å². The van der Waals surface area contributed by atoms with E-state index in [0.717, 1.165) is 27.7 Å². The molecule has 1 unspecified atom stereocenters. The molecule has 2 aliphatic heterocycles. The molecular weight excluding hydrogens is 456 g/mol. The van der Waals surface area contributed by atoms with Crippen molar-refractivity contribution in [1.82, 2.24) is 15.2 Å². The second-order valence-electron chi connectivity index (χ2n) is 7.03. The Balaban J connectivity index is 1.54. The third kappa shape index (κ3) is 4.31. The first-order valence-electron chi connectivity index (χ1n) is 9.45. The van der Waals surface area contributed by atoms with Gasteiger partial charge in [-0.1, -0.05) is 57.9 Å². The number of hydrogen-bond donors (Lipinski definition) is 1. The lowest BCUT2D eigenvalue weighted by atomic mass is 10.0. The van der Waals surface area contributed by atoms with Crippen molar-refractivity contribution in [2.45, 2.75) is 25.4 Å². The molecule has 0 radical (unpaired) electrons. The molecule has 0 aliphatic carbocycles. The molecule has 4 rings (SSSR count). The Bertz CT molecular complexity index is 963. The maximum absolute atomic E-state index is 12.8. The normalized spacial score (nSPS) is 18.9. The van der Waals surface area contributed by atoms with E-state index < -0.39 is 0 Å². The van der Waals surface area contributed by atoms with E-state index in [9.17, 15) is 9.59 Å². The van der Waals surface area contributed by atoms with E-state index in [-0.39, 0.29) is 18.0 Å². The van der Waals surface area contributed by atoms with Crippen molar-refractivity contribution < 1.29 is 9.59 Å². The summed E-state index contributed by atoms with van der Waals surface area (Å²) in [7, 11) is 0. The van der Waals surface area contributed by atoms with Gasteiger partial charge in [0.1, 0.15) is 0 Å². The van der Waals surface area contributed by atoms with Crippen molar-refractivity contribution in [3.05, 3.63) is 69.2 Å². The van der Waals surface area contributed by atoms with E-state index in [0.29, 0.717) is 31.1 Å². The lowest BCUT2D eigenvalue weighted by Crippen LogP contribution is -2.45. The minimum atomic E-state index is -0.311. The van der Waals surface area contributed by atoms with E-state index in [1.807, 2.05) is 47.4 Å². The van der Waals surface area contributed by atoms with E-state index in [4.69, 9.17) is 11.6 Å². The van der Waals surface area contributed by atoms with Crippen molar-refractivity contribution in [1.29, 1.82) is 0 Å². The number of rotatable bonds is 4. The van der Waals surface area contributed by atoms with Gasteiger partial charge in [-0.05, 0) is 30.2 Å². The quantitative estimate of drug-likeness (QED) is 0.726. The molecule has 8 heteroatoms. The highest BCUT2D eigenvalue weighted by Gasteiger charge is 2.38. The molecule has 2 heterocycles. The summed E-state index contributed by atoms with van der Waals surface area (Å²) in [6.07, 6.45) is 1.38. The van der Waals surface area contributed by atoms with Gasteiger partial charge >= 0.3 is 6.03 Å². The van der Waals surface area contributed by atoms with Crippen molar-refractivity contribution in [2.75, 3.05) is 13.1 Å². The highest BCUT2D eigenvalue weighted by molar-refractivity contribution is 9.10. The molecule has 6 nitrogen and oxygen atoms in total. The zero-order chi connectivity index (χ0) is 20.4. The van der Waals surface area contributed by atoms with Gasteiger partial charge < -0.3 is 10.2 Å². The first kappa shape index (κ1) is 19.9. The van der Waals surface area contributed by atoms with Crippen LogP contribution >= 0.6 is 27.5 Å². The fourth-order valence-electron chi connectivity index (χ4n) is 3.64. The van der Waals surface area contributed by atoms with Crippen LogP contribution in [0.2, 0.25) is 5.02 Å². The van der Waals surface area contributed by atoms with Crippen molar-refractivity contribution >= 4 is 45.2 Å². The second kappa shape index (κ2) is 8.55. The Morgan fingerprint density at radius 3 is 2.66 bits per heavy atom. The summed E-state index contributed by atoms with van der Waals surface area (Å²) in [6, 6.07) is 14.6. The molecule has 0 spiro atoms. The van der Waals surface area contributed by atoms with Gasteiger partial charge in [0.05, 0.1) is 18.3 Å². The number of nitrogens with one attached hydrogen (secondary N) is 1. The summed E-state index contributed by atoms with van der Waals surface area (Å²) in [4.78, 5) is 26.9. The monoisotopic (exact) mass is 474 g/mol. The van der Waals surface area contributed by atoms with Crippen molar-refractivity contribution in [3.63, 3.8) is 0 Å². The average Bonchev–Trinajstić information content (AvgIpc) is 3.34. The predicted molar refractivity (Wildman–Crippen MR) is 116 cm³/mol. The molecule has 29 heavy (non-hydrogen) atoms. The van der Waals surface area contributed by atoms with E-state index >= 15 is 0 Å². The molecule has 1 fully saturated rings. The van der Waals surface area contributed by atoms with Gasteiger partial charge in [0.2, 0.25) is 5.91 Å². The summed E-state index contributed by atoms with van der Waals surface area (Å²) < 4.78 is 0.961. The third-order valence-corrected chi connectivity index (χ3v) is 6.04. The second-order valence-corrected chi connectivity index (χ2v) is 8.35. The predicted octanol–water partition coefficient (Wildman–Crippen LogP) is 4.02. The van der Waals surface area contributed by atoms with Gasteiger partial charge in [-0.25, -0.2) is 9.80 Å². The van der Waals surface area contributed by atoms with Crippen LogP contribution < -0.4 is 5.32 Å². The number of nitrogens with zero attached hydrogens (tertiary/aromatic N) is 3. The smallest absolute Gasteiger partial charge is 0.332 e. The van der Waals surface area contributed by atoms with Crippen LogP contribution in [0, 0.1) is 0 Å². The van der Waals surface area contributed by atoms with Crippen LogP contribution in [0.5, 0.6) is 0 Å². The Hall–Kier alpha value is -2.38. The maximum atomic E-state index is 12.8. The first-order valence-corrected chi connectivity index (χ1v) is 10.6. The first-order chi connectivity index (χ1) is 14.0. The zero-order valence-electron chi connectivity index (χ0n) is 15.6. The molecule has 0 saturated carbocycles. The van der Waals surface area contributed by atoms with Crippen LogP contribution in [0.25, 0.3) is 0 Å². The van der Waals surface area contributed by atoms with Crippen LogP contribution in [0.15, 0.2) is 58.1 Å². The SMILES string of the molecule is O=C(NCc1ccccc1Cl)N1CC(N2CCCC2=O)C(c2ccc(Br)cc2)=N1. The molecule has 3 amide bonds. The van der Waals surface area contributed by atoms with E-state index in [1.54, 1.807) is 6.07 Å². The van der Waals surface area contributed by atoms with Crippen LogP contribution in [-0.4, -0.2) is 46.7 Å². The molecule has 0 bridgehead atoms. The number of carbonyl (C=O) groups is 2. The molecule has 1 saturated heterocycles. The van der Waals surface area contributed by atoms with Gasteiger partial charge in [-0.3, -0.25) is 4.79 Å². The van der Waals surface area contributed by atoms with Gasteiger partial charge in [0, 0.05) is 34.6 Å². The summed E-state index contributed by atoms with van der Waals surface area (Å²) in [6.45, 7) is 1.34. The standard InChI is InChI=1S/C21H20BrClN4O2/c22-16-9-7-14(8-10-16)20-18(26-11-3-6-19(26)28)13-27(25-20)21(29)24-12-15-4-1-2-5-17(15)23/h1-2,4-5,7-10,18H,3,6,11-13H2,(H,24,29). The molecule has 1 atom stereocenters. The van der Waals surface area contributed by atoms with Crippen LogP contribution in [0.4, 0.5) is 4.79 Å². The highest BCUT2D eigenvalue weighted by atomic mass is 79.9. The molecule has 2 aliphatic rings. The number of hydrazone groups is 1. The summed E-state index contributed by atoms with van der Waals surface area (Å²) in [5.41, 5.74) is 2.48. The molecule has 1 N–H and O–H groups in total. The molecular formula is C21H20BrClN4O2. The largest absolute Gasteiger partial charge is 0.338 e. The lowest BCUT2D eigenvalue weighted by molar-refractivity contribution is -0.128. The number of halogens is 2. The Morgan fingerprint density at radius 1 is 1.21 bits per heavy atom. The molecule has 2 aromatic carbocycles. The maximum Gasteiger partial charge on any atom is 0.338 e. The lowest BCUT2D eigenvalue weighted by Gasteiger charge is -2.25. The number of likely N-dealkylation sites (tertiary alicyclic amines) is 1. The average molecular weight is 476 g/mol. The fourth-order valence-corrected chi connectivity index (χ4v) is 4.10. The molecule has 2 aromatic rings. The summed E-state index contributed by atoms with van der Waals surface area (Å²) >= 11 is 9.61.